The van der Waals surface area contributed by atoms with Gasteiger partial charge in [0.2, 0.25) is 0 Å². The Hall–Kier alpha value is -1.46. The molecule has 0 unspecified atom stereocenters. The van der Waals surface area contributed by atoms with E-state index in [1.807, 2.05) is 11.8 Å². The number of amidine groups is 1. The molecule has 4 N–H and O–H groups in total. The van der Waals surface area contributed by atoms with E-state index in [0.717, 1.165) is 18.7 Å². The normalized spacial score (nSPS) is 11.6. The number of oxime groups is 1. The zero-order valence-electron chi connectivity index (χ0n) is 10.3. The third-order valence-corrected chi connectivity index (χ3v) is 2.78. The molecular formula is C12H18ClN3O2. The highest BCUT2D eigenvalue weighted by molar-refractivity contribution is 6.31. The predicted octanol–water partition coefficient (Wildman–Crippen LogP) is 1.64. The number of hydrogen-bond acceptors (Lipinski definition) is 4. The highest BCUT2D eigenvalue weighted by Gasteiger charge is 2.13. The van der Waals surface area contributed by atoms with Crippen LogP contribution in [-0.4, -0.2) is 35.8 Å². The first-order valence-electron chi connectivity index (χ1n) is 5.77. The second-order valence-corrected chi connectivity index (χ2v) is 4.29. The summed E-state index contributed by atoms with van der Waals surface area (Å²) in [4.78, 5) is 1.98. The quantitative estimate of drug-likeness (QED) is 0.318. The van der Waals surface area contributed by atoms with Gasteiger partial charge in [0.25, 0.3) is 0 Å². The van der Waals surface area contributed by atoms with Crippen molar-refractivity contribution < 1.29 is 10.3 Å². The van der Waals surface area contributed by atoms with Crippen LogP contribution in [0.25, 0.3) is 0 Å². The summed E-state index contributed by atoms with van der Waals surface area (Å²) in [5, 5.41) is 21.4. The number of nitrogens with zero attached hydrogens (tertiary/aromatic N) is 2. The molecule has 18 heavy (non-hydrogen) atoms. The largest absolute Gasteiger partial charge is 0.409 e. The summed E-state index contributed by atoms with van der Waals surface area (Å²) < 4.78 is 0. The lowest BCUT2D eigenvalue weighted by atomic mass is 10.1. The standard InChI is InChI=1S/C12H18ClN3O2/c1-2-5-16(6-7-17)11-4-3-9(13)8-10(11)12(14)15-18/h3-4,8,17-18H,2,5-7H2,1H3,(H2,14,15). The number of aliphatic hydroxyl groups is 1. The van der Waals surface area contributed by atoms with Gasteiger partial charge in [0, 0.05) is 29.4 Å². The first kappa shape index (κ1) is 14.6. The lowest BCUT2D eigenvalue weighted by Crippen LogP contribution is -2.30. The first-order chi connectivity index (χ1) is 8.63. The molecule has 1 aromatic rings. The van der Waals surface area contributed by atoms with Gasteiger partial charge in [0.1, 0.15) is 0 Å². The van der Waals surface area contributed by atoms with Crippen molar-refractivity contribution in [2.45, 2.75) is 13.3 Å². The van der Waals surface area contributed by atoms with E-state index >= 15 is 0 Å². The van der Waals surface area contributed by atoms with Crippen molar-refractivity contribution in [3.8, 4) is 0 Å². The SMILES string of the molecule is CCCN(CCO)c1ccc(Cl)cc1C(N)=NO. The highest BCUT2D eigenvalue weighted by atomic mass is 35.5. The van der Waals surface area contributed by atoms with Gasteiger partial charge in [-0.1, -0.05) is 23.7 Å². The van der Waals surface area contributed by atoms with Crippen LogP contribution in [0.2, 0.25) is 5.02 Å². The molecule has 0 aliphatic carbocycles. The molecule has 0 atom stereocenters. The Balaban J connectivity index is 3.19. The number of aliphatic hydroxyl groups excluding tert-OH is 1. The molecule has 100 valence electrons. The van der Waals surface area contributed by atoms with Gasteiger partial charge in [-0.15, -0.1) is 0 Å². The molecular weight excluding hydrogens is 254 g/mol. The first-order valence-corrected chi connectivity index (χ1v) is 6.15. The van der Waals surface area contributed by atoms with Crippen LogP contribution in [0, 0.1) is 0 Å². The molecule has 0 saturated heterocycles. The van der Waals surface area contributed by atoms with Crippen molar-refractivity contribution in [2.75, 3.05) is 24.6 Å². The summed E-state index contributed by atoms with van der Waals surface area (Å²) in [7, 11) is 0. The Morgan fingerprint density at radius 3 is 2.72 bits per heavy atom. The number of rotatable bonds is 6. The predicted molar refractivity (Wildman–Crippen MR) is 73.6 cm³/mol. The minimum absolute atomic E-state index is 0.00606. The zero-order chi connectivity index (χ0) is 13.5. The van der Waals surface area contributed by atoms with Crippen molar-refractivity contribution in [1.29, 1.82) is 0 Å². The molecule has 0 bridgehead atoms. The fourth-order valence-electron chi connectivity index (χ4n) is 1.79. The molecule has 0 radical (unpaired) electrons. The van der Waals surface area contributed by atoms with Gasteiger partial charge < -0.3 is 20.9 Å². The van der Waals surface area contributed by atoms with E-state index in [9.17, 15) is 0 Å². The van der Waals surface area contributed by atoms with Gasteiger partial charge in [-0.05, 0) is 24.6 Å². The fraction of sp³-hybridized carbons (Fsp3) is 0.417. The molecule has 1 aromatic carbocycles. The molecule has 0 aliphatic rings. The molecule has 0 saturated carbocycles. The number of anilines is 1. The molecule has 0 aliphatic heterocycles. The van der Waals surface area contributed by atoms with Crippen LogP contribution in [-0.2, 0) is 0 Å². The Kier molecular flexibility index (Phi) is 5.74. The second kappa shape index (κ2) is 7.08. The number of hydrogen-bond donors (Lipinski definition) is 3. The van der Waals surface area contributed by atoms with Crippen LogP contribution in [0.15, 0.2) is 23.4 Å². The van der Waals surface area contributed by atoms with Crippen LogP contribution in [0.1, 0.15) is 18.9 Å². The lowest BCUT2D eigenvalue weighted by molar-refractivity contribution is 0.302. The maximum atomic E-state index is 9.09. The lowest BCUT2D eigenvalue weighted by Gasteiger charge is -2.25. The summed E-state index contributed by atoms with van der Waals surface area (Å²) in [5.74, 6) is 0.00606. The average molecular weight is 272 g/mol. The molecule has 0 spiro atoms. The maximum Gasteiger partial charge on any atom is 0.172 e. The Morgan fingerprint density at radius 2 is 2.17 bits per heavy atom. The van der Waals surface area contributed by atoms with E-state index in [1.54, 1.807) is 18.2 Å². The summed E-state index contributed by atoms with van der Waals surface area (Å²) in [6, 6.07) is 5.19. The molecule has 6 heteroatoms. The van der Waals surface area contributed by atoms with Crippen molar-refractivity contribution >= 4 is 23.1 Å². The van der Waals surface area contributed by atoms with E-state index < -0.39 is 0 Å². The van der Waals surface area contributed by atoms with Crippen molar-refractivity contribution in [2.24, 2.45) is 10.9 Å². The van der Waals surface area contributed by atoms with Gasteiger partial charge in [-0.3, -0.25) is 0 Å². The van der Waals surface area contributed by atoms with E-state index in [4.69, 9.17) is 27.6 Å². The fourth-order valence-corrected chi connectivity index (χ4v) is 1.96. The highest BCUT2D eigenvalue weighted by Crippen LogP contribution is 2.24. The van der Waals surface area contributed by atoms with Crippen molar-refractivity contribution in [3.05, 3.63) is 28.8 Å². The minimum atomic E-state index is 0.00606. The topological polar surface area (TPSA) is 82.1 Å². The summed E-state index contributed by atoms with van der Waals surface area (Å²) in [6.45, 7) is 3.34. The summed E-state index contributed by atoms with van der Waals surface area (Å²) >= 11 is 5.92. The van der Waals surface area contributed by atoms with Gasteiger partial charge in [0.15, 0.2) is 5.84 Å². The van der Waals surface area contributed by atoms with Crippen LogP contribution >= 0.6 is 11.6 Å². The van der Waals surface area contributed by atoms with Crippen LogP contribution < -0.4 is 10.6 Å². The summed E-state index contributed by atoms with van der Waals surface area (Å²) in [6.07, 6.45) is 0.929. The average Bonchev–Trinajstić information content (AvgIpc) is 2.37. The van der Waals surface area contributed by atoms with Gasteiger partial charge >= 0.3 is 0 Å². The van der Waals surface area contributed by atoms with E-state index in [0.29, 0.717) is 17.1 Å². The van der Waals surface area contributed by atoms with E-state index in [1.165, 1.54) is 0 Å². The van der Waals surface area contributed by atoms with Crippen LogP contribution in [0.4, 0.5) is 5.69 Å². The Morgan fingerprint density at radius 1 is 1.44 bits per heavy atom. The van der Waals surface area contributed by atoms with Gasteiger partial charge in [-0.25, -0.2) is 0 Å². The van der Waals surface area contributed by atoms with Crippen LogP contribution in [0.5, 0.6) is 0 Å². The second-order valence-electron chi connectivity index (χ2n) is 3.86. The smallest absolute Gasteiger partial charge is 0.172 e. The van der Waals surface area contributed by atoms with Crippen molar-refractivity contribution in [1.82, 2.24) is 0 Å². The molecule has 1 rings (SSSR count). The molecule has 5 nitrogen and oxygen atoms in total. The molecule has 0 aromatic heterocycles. The Bertz CT molecular complexity index is 418. The van der Waals surface area contributed by atoms with Gasteiger partial charge in [-0.2, -0.15) is 0 Å². The number of nitrogens with two attached hydrogens (primary N) is 1. The van der Waals surface area contributed by atoms with Gasteiger partial charge in [0.05, 0.1) is 6.61 Å². The molecule has 0 amide bonds. The third-order valence-electron chi connectivity index (χ3n) is 2.55. The van der Waals surface area contributed by atoms with Crippen molar-refractivity contribution in [3.63, 3.8) is 0 Å². The van der Waals surface area contributed by atoms with E-state index in [2.05, 4.69) is 5.16 Å². The zero-order valence-corrected chi connectivity index (χ0v) is 11.1. The van der Waals surface area contributed by atoms with Crippen LogP contribution in [0.3, 0.4) is 0 Å². The maximum absolute atomic E-state index is 9.09. The number of halogens is 1. The molecule has 0 heterocycles. The summed E-state index contributed by atoms with van der Waals surface area (Å²) in [5.41, 5.74) is 7.01. The Labute approximate surface area is 111 Å². The third kappa shape index (κ3) is 3.51. The number of benzene rings is 1. The minimum Gasteiger partial charge on any atom is -0.409 e. The van der Waals surface area contributed by atoms with E-state index in [-0.39, 0.29) is 12.4 Å². The monoisotopic (exact) mass is 271 g/mol. The molecule has 0 fully saturated rings.